The molecule has 2 fully saturated rings. The summed E-state index contributed by atoms with van der Waals surface area (Å²) in [6, 6.07) is 10.6. The Labute approximate surface area is 147 Å². The van der Waals surface area contributed by atoms with Crippen LogP contribution in [-0.4, -0.2) is 41.3 Å². The van der Waals surface area contributed by atoms with Gasteiger partial charge in [-0.25, -0.2) is 4.39 Å². The maximum Gasteiger partial charge on any atom is 0.138 e. The zero-order valence-corrected chi connectivity index (χ0v) is 14.2. The molecule has 0 N–H and O–H groups in total. The van der Waals surface area contributed by atoms with Crippen LogP contribution in [0.4, 0.5) is 4.39 Å². The summed E-state index contributed by atoms with van der Waals surface area (Å²) in [7, 11) is 0. The highest BCUT2D eigenvalue weighted by Gasteiger charge is 2.44. The van der Waals surface area contributed by atoms with E-state index in [2.05, 4.69) is 9.88 Å². The number of aromatic nitrogens is 1. The van der Waals surface area contributed by atoms with Crippen LogP contribution >= 0.6 is 0 Å². The van der Waals surface area contributed by atoms with Crippen molar-refractivity contribution in [2.24, 2.45) is 0 Å². The zero-order chi connectivity index (χ0) is 17.1. The Hall–Kier alpha value is -1.98. The molecule has 4 rings (SSSR count). The minimum atomic E-state index is -0.187. The van der Waals surface area contributed by atoms with Gasteiger partial charge in [0.15, 0.2) is 0 Å². The van der Waals surface area contributed by atoms with Gasteiger partial charge >= 0.3 is 0 Å². The molecule has 2 atom stereocenters. The van der Waals surface area contributed by atoms with Gasteiger partial charge in [0.1, 0.15) is 17.7 Å². The van der Waals surface area contributed by atoms with Gasteiger partial charge in [0.2, 0.25) is 0 Å². The molecule has 2 saturated heterocycles. The predicted octanol–water partition coefficient (Wildman–Crippen LogP) is 3.42. The summed E-state index contributed by atoms with van der Waals surface area (Å²) in [5.74, 6) is 0.612. The molecule has 132 valence electrons. The Morgan fingerprint density at radius 2 is 2.16 bits per heavy atom. The van der Waals surface area contributed by atoms with E-state index in [-0.39, 0.29) is 17.5 Å². The lowest BCUT2D eigenvalue weighted by Crippen LogP contribution is -2.47. The van der Waals surface area contributed by atoms with E-state index in [0.717, 1.165) is 50.2 Å². The first-order valence-electron chi connectivity index (χ1n) is 8.88. The van der Waals surface area contributed by atoms with Crippen molar-refractivity contribution in [3.8, 4) is 5.75 Å². The molecule has 1 aromatic carbocycles. The SMILES string of the molecule is Fc1ccc(CN2CCC[C@@]3(C[C@@H](Oc4cccnc4)CO3)C2)cc1. The molecule has 2 aliphatic rings. The minimum absolute atomic E-state index is 0.0787. The van der Waals surface area contributed by atoms with Crippen LogP contribution in [0.2, 0.25) is 0 Å². The quantitative estimate of drug-likeness (QED) is 0.853. The van der Waals surface area contributed by atoms with Gasteiger partial charge in [0, 0.05) is 25.7 Å². The van der Waals surface area contributed by atoms with Crippen LogP contribution in [-0.2, 0) is 11.3 Å². The second-order valence-electron chi connectivity index (χ2n) is 7.07. The van der Waals surface area contributed by atoms with E-state index in [1.165, 1.54) is 12.1 Å². The highest BCUT2D eigenvalue weighted by Crippen LogP contribution is 2.36. The van der Waals surface area contributed by atoms with Crippen molar-refractivity contribution >= 4 is 0 Å². The van der Waals surface area contributed by atoms with Crippen LogP contribution in [0.3, 0.4) is 0 Å². The maximum absolute atomic E-state index is 13.1. The van der Waals surface area contributed by atoms with Gasteiger partial charge in [-0.2, -0.15) is 0 Å². The molecule has 1 aromatic heterocycles. The molecule has 4 nitrogen and oxygen atoms in total. The van der Waals surface area contributed by atoms with Crippen LogP contribution in [0, 0.1) is 5.82 Å². The van der Waals surface area contributed by atoms with Crippen molar-refractivity contribution < 1.29 is 13.9 Å². The van der Waals surface area contributed by atoms with Gasteiger partial charge in [-0.1, -0.05) is 12.1 Å². The third kappa shape index (κ3) is 3.99. The first kappa shape index (κ1) is 16.5. The van der Waals surface area contributed by atoms with Crippen molar-refractivity contribution in [3.63, 3.8) is 0 Å². The van der Waals surface area contributed by atoms with Crippen LogP contribution in [0.5, 0.6) is 5.75 Å². The minimum Gasteiger partial charge on any atom is -0.486 e. The van der Waals surface area contributed by atoms with Crippen molar-refractivity contribution in [3.05, 3.63) is 60.2 Å². The number of hydrogen-bond acceptors (Lipinski definition) is 4. The standard InChI is InChI=1S/C20H23FN2O2/c21-17-6-4-16(5-7-17)13-23-10-2-8-20(15-23)11-19(14-24-20)25-18-3-1-9-22-12-18/h1,3-7,9,12,19H,2,8,10-11,13-15H2/t19-,20-/m1/s1. The molecule has 3 heterocycles. The number of hydrogen-bond donors (Lipinski definition) is 0. The fraction of sp³-hybridized carbons (Fsp3) is 0.450. The highest BCUT2D eigenvalue weighted by molar-refractivity contribution is 5.17. The van der Waals surface area contributed by atoms with E-state index in [9.17, 15) is 4.39 Å². The number of likely N-dealkylation sites (tertiary alicyclic amines) is 1. The summed E-state index contributed by atoms with van der Waals surface area (Å²) in [5.41, 5.74) is 1.02. The van der Waals surface area contributed by atoms with Gasteiger partial charge in [-0.05, 0) is 49.2 Å². The van der Waals surface area contributed by atoms with E-state index >= 15 is 0 Å². The third-order valence-electron chi connectivity index (χ3n) is 5.05. The highest BCUT2D eigenvalue weighted by atomic mass is 19.1. The number of benzene rings is 1. The lowest BCUT2D eigenvalue weighted by Gasteiger charge is -2.39. The number of halogens is 1. The maximum atomic E-state index is 13.1. The normalized spacial score (nSPS) is 26.8. The van der Waals surface area contributed by atoms with Gasteiger partial charge in [0.25, 0.3) is 0 Å². The second-order valence-corrected chi connectivity index (χ2v) is 7.07. The monoisotopic (exact) mass is 342 g/mol. The van der Waals surface area contributed by atoms with E-state index in [1.54, 1.807) is 12.4 Å². The lowest BCUT2D eigenvalue weighted by molar-refractivity contribution is -0.0538. The largest absolute Gasteiger partial charge is 0.486 e. The molecule has 0 amide bonds. The molecular formula is C20H23FN2O2. The van der Waals surface area contributed by atoms with Gasteiger partial charge in [-0.15, -0.1) is 0 Å². The Balaban J connectivity index is 1.36. The fourth-order valence-corrected chi connectivity index (χ4v) is 3.95. The fourth-order valence-electron chi connectivity index (χ4n) is 3.95. The average molecular weight is 342 g/mol. The third-order valence-corrected chi connectivity index (χ3v) is 5.05. The molecule has 0 unspecified atom stereocenters. The molecule has 1 spiro atoms. The molecule has 0 saturated carbocycles. The Morgan fingerprint density at radius 3 is 2.96 bits per heavy atom. The van der Waals surface area contributed by atoms with E-state index in [0.29, 0.717) is 6.61 Å². The number of piperidine rings is 1. The van der Waals surface area contributed by atoms with Crippen LogP contribution in [0.15, 0.2) is 48.8 Å². The lowest BCUT2D eigenvalue weighted by atomic mass is 9.89. The number of nitrogens with zero attached hydrogens (tertiary/aromatic N) is 2. The topological polar surface area (TPSA) is 34.6 Å². The first-order valence-corrected chi connectivity index (χ1v) is 8.88. The molecule has 0 radical (unpaired) electrons. The summed E-state index contributed by atoms with van der Waals surface area (Å²) >= 11 is 0. The summed E-state index contributed by atoms with van der Waals surface area (Å²) in [4.78, 5) is 6.50. The van der Waals surface area contributed by atoms with Crippen LogP contribution in [0.25, 0.3) is 0 Å². The Bertz CT molecular complexity index is 695. The molecule has 5 heteroatoms. The summed E-state index contributed by atoms with van der Waals surface area (Å²) in [6.45, 7) is 3.41. The zero-order valence-electron chi connectivity index (χ0n) is 14.2. The number of rotatable bonds is 4. The van der Waals surface area contributed by atoms with Crippen molar-refractivity contribution in [2.45, 2.75) is 37.5 Å². The smallest absolute Gasteiger partial charge is 0.138 e. The summed E-state index contributed by atoms with van der Waals surface area (Å²) in [6.07, 6.45) is 6.65. The van der Waals surface area contributed by atoms with Crippen LogP contribution < -0.4 is 4.74 Å². The molecule has 2 aromatic rings. The Morgan fingerprint density at radius 1 is 1.28 bits per heavy atom. The van der Waals surface area contributed by atoms with E-state index < -0.39 is 0 Å². The molecule has 2 aliphatic heterocycles. The molecular weight excluding hydrogens is 319 g/mol. The van der Waals surface area contributed by atoms with E-state index in [1.807, 2.05) is 24.3 Å². The molecule has 0 aliphatic carbocycles. The first-order chi connectivity index (χ1) is 12.2. The Kier molecular flexibility index (Phi) is 4.68. The summed E-state index contributed by atoms with van der Waals surface area (Å²) in [5, 5.41) is 0. The molecule has 25 heavy (non-hydrogen) atoms. The van der Waals surface area contributed by atoms with Crippen molar-refractivity contribution in [1.82, 2.24) is 9.88 Å². The van der Waals surface area contributed by atoms with Crippen molar-refractivity contribution in [2.75, 3.05) is 19.7 Å². The second kappa shape index (κ2) is 7.10. The van der Waals surface area contributed by atoms with Gasteiger partial charge in [-0.3, -0.25) is 9.88 Å². The predicted molar refractivity (Wildman–Crippen MR) is 92.9 cm³/mol. The van der Waals surface area contributed by atoms with Gasteiger partial charge < -0.3 is 9.47 Å². The number of pyridine rings is 1. The summed E-state index contributed by atoms with van der Waals surface area (Å²) < 4.78 is 25.3. The van der Waals surface area contributed by atoms with Crippen molar-refractivity contribution in [1.29, 1.82) is 0 Å². The van der Waals surface area contributed by atoms with Crippen LogP contribution in [0.1, 0.15) is 24.8 Å². The number of ether oxygens (including phenoxy) is 2. The van der Waals surface area contributed by atoms with Gasteiger partial charge in [0.05, 0.1) is 18.4 Å². The average Bonchev–Trinajstić information content (AvgIpc) is 3.00. The van der Waals surface area contributed by atoms with E-state index in [4.69, 9.17) is 9.47 Å². The molecule has 0 bridgehead atoms.